The molecule has 162 valence electrons. The minimum absolute atomic E-state index is 0.393. The molecule has 0 amide bonds. The Morgan fingerprint density at radius 2 is 0.938 bits per heavy atom. The molecule has 0 spiro atoms. The van der Waals surface area contributed by atoms with Crippen LogP contribution in [-0.2, 0) is 4.57 Å². The lowest BCUT2D eigenvalue weighted by atomic mass is 10.0. The average Bonchev–Trinajstić information content (AvgIpc) is 2.75. The second-order valence-electron chi connectivity index (χ2n) is 7.74. The quantitative estimate of drug-likeness (QED) is 0.272. The summed E-state index contributed by atoms with van der Waals surface area (Å²) in [7, 11) is -4.02. The third-order valence-electron chi connectivity index (χ3n) is 4.87. The molecule has 0 fully saturated rings. The summed E-state index contributed by atoms with van der Waals surface area (Å²) in [4.78, 5) is 0. The number of aryl methyl sites for hydroxylation is 3. The lowest BCUT2D eigenvalue weighted by Gasteiger charge is -2.20. The van der Waals surface area contributed by atoms with Crippen LogP contribution >= 0.6 is 7.82 Å². The van der Waals surface area contributed by atoms with Gasteiger partial charge in [0.1, 0.15) is 17.2 Å². The van der Waals surface area contributed by atoms with Gasteiger partial charge in [0.2, 0.25) is 0 Å². The Morgan fingerprint density at radius 3 is 1.41 bits per heavy atom. The molecular formula is C27H25O4P. The van der Waals surface area contributed by atoms with E-state index in [0.29, 0.717) is 17.2 Å². The predicted molar refractivity (Wildman–Crippen MR) is 128 cm³/mol. The van der Waals surface area contributed by atoms with E-state index in [1.54, 1.807) is 36.4 Å². The van der Waals surface area contributed by atoms with Crippen LogP contribution in [0, 0.1) is 20.8 Å². The smallest absolute Gasteiger partial charge is 0.386 e. The van der Waals surface area contributed by atoms with E-state index in [0.717, 1.165) is 22.3 Å². The third-order valence-corrected chi connectivity index (χ3v) is 6.17. The van der Waals surface area contributed by atoms with Crippen molar-refractivity contribution in [3.8, 4) is 28.4 Å². The lowest BCUT2D eigenvalue weighted by Crippen LogP contribution is -2.07. The Hall–Kier alpha value is -3.49. The fraction of sp³-hybridized carbons (Fsp3) is 0.111. The van der Waals surface area contributed by atoms with Gasteiger partial charge in [-0.05, 0) is 79.4 Å². The predicted octanol–water partition coefficient (Wildman–Crippen LogP) is 7.92. The maximum atomic E-state index is 13.7. The number of hydrogen-bond donors (Lipinski definition) is 0. The molecule has 4 rings (SSSR count). The summed E-state index contributed by atoms with van der Waals surface area (Å²) >= 11 is 0. The number of hydrogen-bond acceptors (Lipinski definition) is 4. The highest BCUT2D eigenvalue weighted by atomic mass is 31.2. The van der Waals surface area contributed by atoms with Crippen molar-refractivity contribution >= 4 is 7.82 Å². The summed E-state index contributed by atoms with van der Waals surface area (Å²) in [6.07, 6.45) is 0. The molecule has 0 bridgehead atoms. The molecule has 0 N–H and O–H groups in total. The normalized spacial score (nSPS) is 11.1. The van der Waals surface area contributed by atoms with Crippen LogP contribution in [0.3, 0.4) is 0 Å². The van der Waals surface area contributed by atoms with Crippen LogP contribution in [0.4, 0.5) is 0 Å². The average molecular weight is 444 g/mol. The summed E-state index contributed by atoms with van der Waals surface area (Å²) in [6.45, 7) is 5.93. The van der Waals surface area contributed by atoms with Crippen LogP contribution in [0.1, 0.15) is 16.7 Å². The van der Waals surface area contributed by atoms with Gasteiger partial charge in [-0.1, -0.05) is 66.2 Å². The summed E-state index contributed by atoms with van der Waals surface area (Å²) in [5.74, 6) is 1.22. The van der Waals surface area contributed by atoms with Gasteiger partial charge >= 0.3 is 7.82 Å². The topological polar surface area (TPSA) is 44.8 Å². The van der Waals surface area contributed by atoms with Crippen LogP contribution < -0.4 is 13.6 Å². The Morgan fingerprint density at radius 1 is 0.500 bits per heavy atom. The first-order chi connectivity index (χ1) is 15.4. The maximum Gasteiger partial charge on any atom is 0.647 e. The first-order valence-electron chi connectivity index (χ1n) is 10.4. The van der Waals surface area contributed by atoms with Gasteiger partial charge < -0.3 is 13.6 Å². The van der Waals surface area contributed by atoms with Crippen LogP contribution in [0.25, 0.3) is 11.1 Å². The molecule has 0 radical (unpaired) electrons. The standard InChI is InChI=1S/C27H25O4P/c1-20-10-12-23(13-11-20)24-14-16-25(17-15-24)29-32(28,30-26-8-4-6-21(2)18-26)31-27-9-5-7-22(3)19-27/h4-19H,1-3H3. The molecule has 0 saturated heterocycles. The SMILES string of the molecule is Cc1ccc(-c2ccc(OP(=O)(Oc3cccc(C)c3)Oc3cccc(C)c3)cc2)cc1. The fourth-order valence-electron chi connectivity index (χ4n) is 3.24. The minimum Gasteiger partial charge on any atom is -0.386 e. The highest BCUT2D eigenvalue weighted by molar-refractivity contribution is 7.49. The Bertz CT molecular complexity index is 1200. The highest BCUT2D eigenvalue weighted by Gasteiger charge is 2.33. The van der Waals surface area contributed by atoms with Crippen molar-refractivity contribution in [1.29, 1.82) is 0 Å². The molecule has 0 heterocycles. The van der Waals surface area contributed by atoms with Crippen LogP contribution in [-0.4, -0.2) is 0 Å². The van der Waals surface area contributed by atoms with Gasteiger partial charge in [0, 0.05) is 0 Å². The zero-order valence-electron chi connectivity index (χ0n) is 18.3. The summed E-state index contributed by atoms with van der Waals surface area (Å²) < 4.78 is 31.0. The first kappa shape index (κ1) is 21.7. The molecule has 0 saturated carbocycles. The van der Waals surface area contributed by atoms with Crippen LogP contribution in [0.15, 0.2) is 97.1 Å². The molecular weight excluding hydrogens is 419 g/mol. The molecule has 4 aromatic carbocycles. The van der Waals surface area contributed by atoms with Gasteiger partial charge in [0.25, 0.3) is 0 Å². The molecule has 4 nitrogen and oxygen atoms in total. The number of rotatable bonds is 7. The highest BCUT2D eigenvalue weighted by Crippen LogP contribution is 2.50. The zero-order chi connectivity index (χ0) is 22.6. The molecule has 0 aliphatic rings. The van der Waals surface area contributed by atoms with Crippen molar-refractivity contribution < 1.29 is 18.1 Å². The van der Waals surface area contributed by atoms with Gasteiger partial charge in [-0.3, -0.25) is 0 Å². The molecule has 0 aromatic heterocycles. The van der Waals surface area contributed by atoms with E-state index in [-0.39, 0.29) is 0 Å². The van der Waals surface area contributed by atoms with Gasteiger partial charge in [-0.25, -0.2) is 0 Å². The molecule has 0 aliphatic carbocycles. The van der Waals surface area contributed by atoms with E-state index in [2.05, 4.69) is 31.2 Å². The van der Waals surface area contributed by atoms with E-state index < -0.39 is 7.82 Å². The summed E-state index contributed by atoms with van der Waals surface area (Å²) in [5, 5.41) is 0. The van der Waals surface area contributed by atoms with Crippen molar-refractivity contribution in [2.24, 2.45) is 0 Å². The monoisotopic (exact) mass is 444 g/mol. The minimum atomic E-state index is -4.02. The molecule has 32 heavy (non-hydrogen) atoms. The van der Waals surface area contributed by atoms with Gasteiger partial charge in [-0.2, -0.15) is 4.57 Å². The largest absolute Gasteiger partial charge is 0.647 e. The Balaban J connectivity index is 1.60. The van der Waals surface area contributed by atoms with Crippen molar-refractivity contribution in [1.82, 2.24) is 0 Å². The summed E-state index contributed by atoms with van der Waals surface area (Å²) in [5.41, 5.74) is 5.29. The van der Waals surface area contributed by atoms with Gasteiger partial charge in [0.05, 0.1) is 0 Å². The van der Waals surface area contributed by atoms with Crippen molar-refractivity contribution in [3.05, 3.63) is 114 Å². The van der Waals surface area contributed by atoms with Gasteiger partial charge in [-0.15, -0.1) is 0 Å². The first-order valence-corrected chi connectivity index (χ1v) is 11.8. The van der Waals surface area contributed by atoms with Gasteiger partial charge in [0.15, 0.2) is 0 Å². The Kier molecular flexibility index (Phi) is 6.34. The maximum absolute atomic E-state index is 13.7. The fourth-order valence-corrected chi connectivity index (χ4v) is 4.48. The number of phosphoric ester groups is 1. The van der Waals surface area contributed by atoms with E-state index in [1.165, 1.54) is 5.56 Å². The molecule has 4 aromatic rings. The van der Waals surface area contributed by atoms with Crippen molar-refractivity contribution in [2.75, 3.05) is 0 Å². The molecule has 0 atom stereocenters. The zero-order valence-corrected chi connectivity index (χ0v) is 19.2. The van der Waals surface area contributed by atoms with Crippen LogP contribution in [0.2, 0.25) is 0 Å². The van der Waals surface area contributed by atoms with E-state index >= 15 is 0 Å². The number of benzene rings is 4. The van der Waals surface area contributed by atoms with Crippen molar-refractivity contribution in [3.63, 3.8) is 0 Å². The van der Waals surface area contributed by atoms with E-state index in [1.807, 2.05) is 50.2 Å². The second kappa shape index (κ2) is 9.33. The summed E-state index contributed by atoms with van der Waals surface area (Å²) in [6, 6.07) is 30.2. The molecule has 0 unspecified atom stereocenters. The van der Waals surface area contributed by atoms with E-state index in [9.17, 15) is 4.57 Å². The number of phosphoric acid groups is 1. The molecule has 0 aliphatic heterocycles. The van der Waals surface area contributed by atoms with E-state index in [4.69, 9.17) is 13.6 Å². The molecule has 5 heteroatoms. The second-order valence-corrected chi connectivity index (χ2v) is 9.19. The lowest BCUT2D eigenvalue weighted by molar-refractivity contribution is 0.298. The van der Waals surface area contributed by atoms with Crippen LogP contribution in [0.5, 0.6) is 17.2 Å². The third kappa shape index (κ3) is 5.60. The van der Waals surface area contributed by atoms with Crippen molar-refractivity contribution in [2.45, 2.75) is 20.8 Å². The Labute approximate surface area is 189 Å².